The van der Waals surface area contributed by atoms with Gasteiger partial charge >= 0.3 is 0 Å². The number of benzene rings is 1. The SMILES string of the molecule is Cc1ccc(S(=O)(=O)N2CCN(C(=O)CCCN)CC2)cc1C.Cl. The molecule has 1 amide bonds. The molecule has 0 saturated carbocycles. The number of carbonyl (C=O) groups excluding carboxylic acids is 1. The summed E-state index contributed by atoms with van der Waals surface area (Å²) in [4.78, 5) is 14.0. The number of nitrogens with zero attached hydrogens (tertiary/aromatic N) is 2. The van der Waals surface area contributed by atoms with Gasteiger partial charge in [-0.25, -0.2) is 8.42 Å². The minimum absolute atomic E-state index is 0. The largest absolute Gasteiger partial charge is 0.340 e. The van der Waals surface area contributed by atoms with Gasteiger partial charge in [0.25, 0.3) is 0 Å². The molecule has 1 aliphatic rings. The van der Waals surface area contributed by atoms with Crippen molar-refractivity contribution in [2.75, 3.05) is 32.7 Å². The number of amides is 1. The Balaban J connectivity index is 0.00000288. The lowest BCUT2D eigenvalue weighted by molar-refractivity contribution is -0.132. The Morgan fingerprint density at radius 2 is 1.75 bits per heavy atom. The number of piperazine rings is 1. The van der Waals surface area contributed by atoms with Crippen molar-refractivity contribution in [3.8, 4) is 0 Å². The van der Waals surface area contributed by atoms with Crippen LogP contribution in [0.25, 0.3) is 0 Å². The molecule has 1 saturated heterocycles. The average molecular weight is 376 g/mol. The summed E-state index contributed by atoms with van der Waals surface area (Å²) < 4.78 is 26.9. The van der Waals surface area contributed by atoms with E-state index in [2.05, 4.69) is 0 Å². The van der Waals surface area contributed by atoms with Crippen molar-refractivity contribution in [1.29, 1.82) is 0 Å². The van der Waals surface area contributed by atoms with Crippen LogP contribution in [-0.4, -0.2) is 56.3 Å². The van der Waals surface area contributed by atoms with E-state index in [1.54, 1.807) is 17.0 Å². The molecule has 0 spiro atoms. The van der Waals surface area contributed by atoms with Gasteiger partial charge in [0.2, 0.25) is 15.9 Å². The van der Waals surface area contributed by atoms with E-state index >= 15 is 0 Å². The molecule has 136 valence electrons. The highest BCUT2D eigenvalue weighted by Gasteiger charge is 2.29. The molecule has 2 rings (SSSR count). The second-order valence-corrected chi connectivity index (χ2v) is 7.86. The monoisotopic (exact) mass is 375 g/mol. The lowest BCUT2D eigenvalue weighted by Crippen LogP contribution is -2.50. The number of hydrogen-bond donors (Lipinski definition) is 1. The number of carbonyl (C=O) groups is 1. The zero-order chi connectivity index (χ0) is 17.0. The number of hydrogen-bond acceptors (Lipinski definition) is 4. The van der Waals surface area contributed by atoms with Crippen LogP contribution in [0.3, 0.4) is 0 Å². The van der Waals surface area contributed by atoms with Crippen LogP contribution in [0.1, 0.15) is 24.0 Å². The maximum atomic E-state index is 12.7. The van der Waals surface area contributed by atoms with Crippen LogP contribution in [-0.2, 0) is 14.8 Å². The second kappa shape index (κ2) is 8.80. The summed E-state index contributed by atoms with van der Waals surface area (Å²) in [7, 11) is -3.49. The smallest absolute Gasteiger partial charge is 0.243 e. The standard InChI is InChI=1S/C16H25N3O3S.ClH/c1-13-5-6-15(12-14(13)2)23(21,22)19-10-8-18(9-11-19)16(20)4-3-7-17;/h5-6,12H,3-4,7-11,17H2,1-2H3;1H. The molecule has 24 heavy (non-hydrogen) atoms. The van der Waals surface area contributed by atoms with Gasteiger partial charge in [-0.15, -0.1) is 12.4 Å². The summed E-state index contributed by atoms with van der Waals surface area (Å²) in [6, 6.07) is 5.19. The molecule has 0 radical (unpaired) electrons. The fourth-order valence-electron chi connectivity index (χ4n) is 2.61. The molecule has 8 heteroatoms. The fraction of sp³-hybridized carbons (Fsp3) is 0.562. The van der Waals surface area contributed by atoms with Gasteiger partial charge in [-0.1, -0.05) is 6.07 Å². The maximum Gasteiger partial charge on any atom is 0.243 e. The Morgan fingerprint density at radius 1 is 1.12 bits per heavy atom. The van der Waals surface area contributed by atoms with Gasteiger partial charge in [0, 0.05) is 32.6 Å². The van der Waals surface area contributed by atoms with Crippen LogP contribution in [0.2, 0.25) is 0 Å². The van der Waals surface area contributed by atoms with Crippen LogP contribution >= 0.6 is 12.4 Å². The highest BCUT2D eigenvalue weighted by molar-refractivity contribution is 7.89. The van der Waals surface area contributed by atoms with Crippen molar-refractivity contribution in [2.45, 2.75) is 31.6 Å². The Hall–Kier alpha value is -1.15. The minimum atomic E-state index is -3.49. The summed E-state index contributed by atoms with van der Waals surface area (Å²) in [5, 5.41) is 0. The van der Waals surface area contributed by atoms with E-state index in [4.69, 9.17) is 5.73 Å². The van der Waals surface area contributed by atoms with E-state index in [1.165, 1.54) is 4.31 Å². The molecule has 0 atom stereocenters. The first-order valence-corrected chi connectivity index (χ1v) is 9.35. The molecule has 0 bridgehead atoms. The van der Waals surface area contributed by atoms with Gasteiger partial charge in [-0.05, 0) is 50.1 Å². The minimum Gasteiger partial charge on any atom is -0.340 e. The van der Waals surface area contributed by atoms with E-state index in [0.717, 1.165) is 11.1 Å². The maximum absolute atomic E-state index is 12.7. The topological polar surface area (TPSA) is 83.7 Å². The summed E-state index contributed by atoms with van der Waals surface area (Å²) >= 11 is 0. The predicted octanol–water partition coefficient (Wildman–Crippen LogP) is 1.30. The van der Waals surface area contributed by atoms with Gasteiger partial charge in [-0.2, -0.15) is 4.31 Å². The molecule has 1 fully saturated rings. The molecule has 1 aliphatic heterocycles. The molecular formula is C16H26ClN3O3S. The van der Waals surface area contributed by atoms with E-state index in [9.17, 15) is 13.2 Å². The van der Waals surface area contributed by atoms with Crippen LogP contribution in [0, 0.1) is 13.8 Å². The third kappa shape index (κ3) is 4.69. The molecule has 2 N–H and O–H groups in total. The van der Waals surface area contributed by atoms with Crippen LogP contribution in [0.5, 0.6) is 0 Å². The molecule has 0 aliphatic carbocycles. The Morgan fingerprint density at radius 3 is 2.29 bits per heavy atom. The molecular weight excluding hydrogens is 350 g/mol. The van der Waals surface area contributed by atoms with Crippen molar-refractivity contribution in [3.05, 3.63) is 29.3 Å². The number of sulfonamides is 1. The molecule has 1 aromatic carbocycles. The number of rotatable bonds is 5. The first-order valence-electron chi connectivity index (χ1n) is 7.91. The molecule has 0 unspecified atom stereocenters. The zero-order valence-electron chi connectivity index (χ0n) is 14.2. The highest BCUT2D eigenvalue weighted by atomic mass is 35.5. The highest BCUT2D eigenvalue weighted by Crippen LogP contribution is 2.20. The third-order valence-electron chi connectivity index (χ3n) is 4.30. The Labute approximate surface area is 150 Å². The van der Waals surface area contributed by atoms with Crippen LogP contribution in [0.15, 0.2) is 23.1 Å². The summed E-state index contributed by atoms with van der Waals surface area (Å²) in [5.41, 5.74) is 7.44. The van der Waals surface area contributed by atoms with Gasteiger partial charge in [0.05, 0.1) is 4.90 Å². The van der Waals surface area contributed by atoms with Crippen molar-refractivity contribution < 1.29 is 13.2 Å². The summed E-state index contributed by atoms with van der Waals surface area (Å²) in [6.07, 6.45) is 1.10. The average Bonchev–Trinajstić information content (AvgIpc) is 2.55. The normalized spacial score (nSPS) is 15.9. The zero-order valence-corrected chi connectivity index (χ0v) is 15.8. The molecule has 0 aromatic heterocycles. The van der Waals surface area contributed by atoms with Gasteiger partial charge in [-0.3, -0.25) is 4.79 Å². The first-order chi connectivity index (χ1) is 10.9. The molecule has 6 nitrogen and oxygen atoms in total. The van der Waals surface area contributed by atoms with Gasteiger partial charge < -0.3 is 10.6 Å². The lowest BCUT2D eigenvalue weighted by Gasteiger charge is -2.34. The molecule has 1 heterocycles. The van der Waals surface area contributed by atoms with Crippen LogP contribution < -0.4 is 5.73 Å². The third-order valence-corrected chi connectivity index (χ3v) is 6.20. The van der Waals surface area contributed by atoms with Crippen LogP contribution in [0.4, 0.5) is 0 Å². The van der Waals surface area contributed by atoms with E-state index in [1.807, 2.05) is 19.9 Å². The number of aryl methyl sites for hydroxylation is 2. The Kier molecular flexibility index (Phi) is 7.66. The summed E-state index contributed by atoms with van der Waals surface area (Å²) in [5.74, 6) is 0.0543. The predicted molar refractivity (Wildman–Crippen MR) is 96.8 cm³/mol. The first kappa shape index (κ1) is 20.9. The van der Waals surface area contributed by atoms with E-state index < -0.39 is 10.0 Å². The second-order valence-electron chi connectivity index (χ2n) is 5.92. The fourth-order valence-corrected chi connectivity index (χ4v) is 4.12. The van der Waals surface area contributed by atoms with Crippen molar-refractivity contribution in [2.24, 2.45) is 5.73 Å². The Bertz CT molecular complexity index is 671. The lowest BCUT2D eigenvalue weighted by atomic mass is 10.1. The molecule has 1 aromatic rings. The van der Waals surface area contributed by atoms with Crippen molar-refractivity contribution in [1.82, 2.24) is 9.21 Å². The van der Waals surface area contributed by atoms with Gasteiger partial charge in [0.1, 0.15) is 0 Å². The quantitative estimate of drug-likeness (QED) is 0.840. The van der Waals surface area contributed by atoms with E-state index in [-0.39, 0.29) is 18.3 Å². The van der Waals surface area contributed by atoms with Crippen molar-refractivity contribution in [3.63, 3.8) is 0 Å². The number of nitrogens with two attached hydrogens (primary N) is 1. The van der Waals surface area contributed by atoms with Gasteiger partial charge in [0.15, 0.2) is 0 Å². The van der Waals surface area contributed by atoms with E-state index in [0.29, 0.717) is 50.5 Å². The van der Waals surface area contributed by atoms with Crippen molar-refractivity contribution >= 4 is 28.3 Å². The number of halogens is 1. The summed E-state index contributed by atoms with van der Waals surface area (Å²) in [6.45, 7) is 5.90.